The highest BCUT2D eigenvalue weighted by Crippen LogP contribution is 2.22. The second-order valence-corrected chi connectivity index (χ2v) is 5.16. The molecule has 1 saturated carbocycles. The first-order chi connectivity index (χ1) is 8.08. The minimum Gasteiger partial charge on any atom is -0.469 e. The first-order valence-electron chi connectivity index (χ1n) is 6.53. The Kier molecular flexibility index (Phi) is 5.92. The monoisotopic (exact) mass is 242 g/mol. The van der Waals surface area contributed by atoms with Crippen molar-refractivity contribution in [1.29, 1.82) is 0 Å². The molecule has 17 heavy (non-hydrogen) atoms. The van der Waals surface area contributed by atoms with Gasteiger partial charge in [0.15, 0.2) is 0 Å². The molecule has 4 heteroatoms. The van der Waals surface area contributed by atoms with Gasteiger partial charge in [0.2, 0.25) is 0 Å². The maximum Gasteiger partial charge on any atom is 0.309 e. The highest BCUT2D eigenvalue weighted by atomic mass is 16.5. The van der Waals surface area contributed by atoms with Crippen LogP contribution in [-0.2, 0) is 9.53 Å². The van der Waals surface area contributed by atoms with Crippen LogP contribution in [0.3, 0.4) is 0 Å². The summed E-state index contributed by atoms with van der Waals surface area (Å²) >= 11 is 0. The van der Waals surface area contributed by atoms with E-state index in [9.17, 15) is 4.79 Å². The highest BCUT2D eigenvalue weighted by molar-refractivity contribution is 5.72. The molecule has 1 fully saturated rings. The number of hydrogen-bond donors (Lipinski definition) is 1. The Labute approximate surface area is 105 Å². The van der Waals surface area contributed by atoms with Crippen LogP contribution < -0.4 is 5.32 Å². The van der Waals surface area contributed by atoms with Crippen molar-refractivity contribution in [2.75, 3.05) is 27.7 Å². The summed E-state index contributed by atoms with van der Waals surface area (Å²) in [7, 11) is 5.61. The van der Waals surface area contributed by atoms with Gasteiger partial charge in [0, 0.05) is 18.6 Å². The van der Waals surface area contributed by atoms with Crippen LogP contribution in [0.25, 0.3) is 0 Å². The normalized spacial score (nSPS) is 26.9. The van der Waals surface area contributed by atoms with E-state index in [0.717, 1.165) is 6.54 Å². The third-order valence-electron chi connectivity index (χ3n) is 3.89. The van der Waals surface area contributed by atoms with Gasteiger partial charge >= 0.3 is 5.97 Å². The number of carbonyl (C=O) groups excluding carboxylic acids is 1. The van der Waals surface area contributed by atoms with E-state index in [2.05, 4.69) is 17.3 Å². The van der Waals surface area contributed by atoms with E-state index in [1.54, 1.807) is 0 Å². The highest BCUT2D eigenvalue weighted by Gasteiger charge is 2.25. The van der Waals surface area contributed by atoms with Crippen LogP contribution in [0.15, 0.2) is 0 Å². The smallest absolute Gasteiger partial charge is 0.309 e. The number of nitrogens with zero attached hydrogens (tertiary/aromatic N) is 1. The number of hydrogen-bond acceptors (Lipinski definition) is 4. The van der Waals surface area contributed by atoms with Crippen LogP contribution >= 0.6 is 0 Å². The quantitative estimate of drug-likeness (QED) is 0.737. The van der Waals surface area contributed by atoms with E-state index in [4.69, 9.17) is 4.74 Å². The Morgan fingerprint density at radius 2 is 2.00 bits per heavy atom. The van der Waals surface area contributed by atoms with Gasteiger partial charge < -0.3 is 15.0 Å². The van der Waals surface area contributed by atoms with E-state index in [1.807, 2.05) is 14.0 Å². The maximum absolute atomic E-state index is 11.4. The third-order valence-corrected chi connectivity index (χ3v) is 3.89. The molecule has 0 spiro atoms. The molecule has 1 N–H and O–H groups in total. The van der Waals surface area contributed by atoms with Crippen molar-refractivity contribution >= 4 is 5.97 Å². The molecule has 0 aromatic carbocycles. The van der Waals surface area contributed by atoms with Gasteiger partial charge in [-0.2, -0.15) is 0 Å². The van der Waals surface area contributed by atoms with Crippen LogP contribution in [0, 0.1) is 5.92 Å². The summed E-state index contributed by atoms with van der Waals surface area (Å²) in [5, 5.41) is 3.34. The summed E-state index contributed by atoms with van der Waals surface area (Å²) in [4.78, 5) is 13.7. The van der Waals surface area contributed by atoms with Crippen LogP contribution in [0.4, 0.5) is 0 Å². The lowest BCUT2D eigenvalue weighted by Gasteiger charge is -2.35. The summed E-state index contributed by atoms with van der Waals surface area (Å²) in [5.41, 5.74) is 0. The Bertz CT molecular complexity index is 238. The average Bonchev–Trinajstić information content (AvgIpc) is 2.37. The summed E-state index contributed by atoms with van der Waals surface area (Å²) in [5.74, 6) is -0.146. The molecule has 0 heterocycles. The molecule has 0 bridgehead atoms. The van der Waals surface area contributed by atoms with E-state index in [0.29, 0.717) is 12.1 Å². The predicted molar refractivity (Wildman–Crippen MR) is 68.9 cm³/mol. The van der Waals surface area contributed by atoms with E-state index < -0.39 is 0 Å². The summed E-state index contributed by atoms with van der Waals surface area (Å²) in [6, 6.07) is 1.30. The van der Waals surface area contributed by atoms with Crippen molar-refractivity contribution in [3.05, 3.63) is 0 Å². The molecule has 0 aliphatic heterocycles. The van der Waals surface area contributed by atoms with Gasteiger partial charge in [0.1, 0.15) is 0 Å². The fraction of sp³-hybridized carbons (Fsp3) is 0.923. The van der Waals surface area contributed by atoms with Crippen molar-refractivity contribution in [2.45, 2.75) is 44.7 Å². The molecule has 0 aromatic rings. The van der Waals surface area contributed by atoms with Gasteiger partial charge in [0.25, 0.3) is 0 Å². The lowest BCUT2D eigenvalue weighted by atomic mass is 9.90. The Morgan fingerprint density at radius 3 is 2.47 bits per heavy atom. The number of ether oxygens (including phenoxy) is 1. The van der Waals surface area contributed by atoms with Crippen molar-refractivity contribution in [2.24, 2.45) is 5.92 Å². The topological polar surface area (TPSA) is 41.6 Å². The zero-order valence-electron chi connectivity index (χ0n) is 11.5. The lowest BCUT2D eigenvalue weighted by Crippen LogP contribution is -2.42. The molecular formula is C13H26N2O2. The van der Waals surface area contributed by atoms with E-state index in [1.165, 1.54) is 32.8 Å². The number of esters is 1. The Morgan fingerprint density at radius 1 is 1.41 bits per heavy atom. The van der Waals surface area contributed by atoms with Crippen LogP contribution in [0.1, 0.15) is 32.6 Å². The molecule has 100 valence electrons. The molecule has 1 rings (SSSR count). The standard InChI is InChI=1S/C13H26N2O2/c1-10(13(16)17-4)9-15(3)12-7-5-11(14-2)6-8-12/h10-12,14H,5-9H2,1-4H3. The fourth-order valence-electron chi connectivity index (χ4n) is 2.66. The molecule has 1 unspecified atom stereocenters. The Balaban J connectivity index is 2.33. The first-order valence-corrected chi connectivity index (χ1v) is 6.53. The zero-order valence-corrected chi connectivity index (χ0v) is 11.5. The van der Waals surface area contributed by atoms with Crippen molar-refractivity contribution < 1.29 is 9.53 Å². The summed E-state index contributed by atoms with van der Waals surface area (Å²) in [6.45, 7) is 2.73. The van der Waals surface area contributed by atoms with Crippen molar-refractivity contribution in [3.63, 3.8) is 0 Å². The second-order valence-electron chi connectivity index (χ2n) is 5.16. The van der Waals surface area contributed by atoms with Gasteiger partial charge in [0.05, 0.1) is 13.0 Å². The third kappa shape index (κ3) is 4.28. The minimum atomic E-state index is -0.110. The largest absolute Gasteiger partial charge is 0.469 e. The second kappa shape index (κ2) is 6.97. The number of rotatable bonds is 5. The SMILES string of the molecule is CNC1CCC(N(C)CC(C)C(=O)OC)CC1. The first kappa shape index (κ1) is 14.5. The van der Waals surface area contributed by atoms with Gasteiger partial charge in [-0.25, -0.2) is 0 Å². The fourth-order valence-corrected chi connectivity index (χ4v) is 2.66. The molecule has 0 aromatic heterocycles. The van der Waals surface area contributed by atoms with E-state index >= 15 is 0 Å². The molecule has 0 radical (unpaired) electrons. The van der Waals surface area contributed by atoms with Gasteiger partial charge in [-0.3, -0.25) is 4.79 Å². The van der Waals surface area contributed by atoms with Gasteiger partial charge in [-0.15, -0.1) is 0 Å². The number of methoxy groups -OCH3 is 1. The predicted octanol–water partition coefficient (Wildman–Crippen LogP) is 1.26. The summed E-state index contributed by atoms with van der Waals surface area (Å²) in [6.07, 6.45) is 4.90. The van der Waals surface area contributed by atoms with Crippen molar-refractivity contribution in [3.8, 4) is 0 Å². The molecule has 4 nitrogen and oxygen atoms in total. The lowest BCUT2D eigenvalue weighted by molar-refractivity contribution is -0.145. The van der Waals surface area contributed by atoms with Crippen LogP contribution in [0.2, 0.25) is 0 Å². The van der Waals surface area contributed by atoms with Crippen LogP contribution in [0.5, 0.6) is 0 Å². The average molecular weight is 242 g/mol. The minimum absolute atomic E-state index is 0.0352. The molecular weight excluding hydrogens is 216 g/mol. The van der Waals surface area contributed by atoms with Gasteiger partial charge in [-0.05, 0) is 39.8 Å². The van der Waals surface area contributed by atoms with Crippen LogP contribution in [-0.4, -0.2) is 50.7 Å². The Hall–Kier alpha value is -0.610. The maximum atomic E-state index is 11.4. The number of nitrogens with one attached hydrogen (secondary N) is 1. The molecule has 1 aliphatic carbocycles. The summed E-state index contributed by atoms with van der Waals surface area (Å²) < 4.78 is 4.76. The van der Waals surface area contributed by atoms with Gasteiger partial charge in [-0.1, -0.05) is 6.92 Å². The molecule has 1 atom stereocenters. The zero-order chi connectivity index (χ0) is 12.8. The van der Waals surface area contributed by atoms with Crippen molar-refractivity contribution in [1.82, 2.24) is 10.2 Å². The molecule has 0 amide bonds. The van der Waals surface area contributed by atoms with E-state index in [-0.39, 0.29) is 11.9 Å². The molecule has 1 aliphatic rings. The number of carbonyl (C=O) groups is 1. The molecule has 0 saturated heterocycles.